The number of nitrogens with zero attached hydrogens (tertiary/aromatic N) is 5. The highest BCUT2D eigenvalue weighted by Crippen LogP contribution is 2.27. The second kappa shape index (κ2) is 5.10. The Kier molecular flexibility index (Phi) is 3.07. The van der Waals surface area contributed by atoms with Gasteiger partial charge in [0.1, 0.15) is 5.52 Å². The first-order valence-corrected chi connectivity index (χ1v) is 7.97. The second-order valence-electron chi connectivity index (χ2n) is 4.79. The summed E-state index contributed by atoms with van der Waals surface area (Å²) in [7, 11) is 0. The minimum atomic E-state index is 0.490. The van der Waals surface area contributed by atoms with E-state index in [1.54, 1.807) is 11.8 Å². The van der Waals surface area contributed by atoms with Crippen molar-refractivity contribution in [1.82, 2.24) is 24.6 Å². The van der Waals surface area contributed by atoms with Crippen LogP contribution in [0.15, 0.2) is 39.9 Å². The zero-order valence-corrected chi connectivity index (χ0v) is 13.0. The third kappa shape index (κ3) is 1.97. The van der Waals surface area contributed by atoms with E-state index in [-0.39, 0.29) is 0 Å². The number of rotatable bonds is 3. The lowest BCUT2D eigenvalue weighted by Gasteiger charge is -2.01. The van der Waals surface area contributed by atoms with Gasteiger partial charge >= 0.3 is 0 Å². The summed E-state index contributed by atoms with van der Waals surface area (Å²) in [6, 6.07) is 9.80. The van der Waals surface area contributed by atoms with E-state index in [2.05, 4.69) is 27.1 Å². The number of benzene rings is 1. The van der Waals surface area contributed by atoms with E-state index in [1.165, 1.54) is 0 Å². The monoisotopic (exact) mass is 311 g/mol. The van der Waals surface area contributed by atoms with Crippen molar-refractivity contribution in [2.24, 2.45) is 0 Å². The molecule has 7 heteroatoms. The Hall–Kier alpha value is -2.41. The van der Waals surface area contributed by atoms with Gasteiger partial charge in [-0.15, -0.1) is 10.2 Å². The minimum Gasteiger partial charge on any atom is -0.417 e. The molecular formula is C15H13N5OS. The molecule has 3 aromatic heterocycles. The predicted molar refractivity (Wildman–Crippen MR) is 84.9 cm³/mol. The van der Waals surface area contributed by atoms with E-state index in [4.69, 9.17) is 4.42 Å². The fourth-order valence-electron chi connectivity index (χ4n) is 2.38. The molecule has 0 spiro atoms. The van der Waals surface area contributed by atoms with Crippen LogP contribution in [-0.4, -0.2) is 30.3 Å². The highest BCUT2D eigenvalue weighted by Gasteiger charge is 2.17. The van der Waals surface area contributed by atoms with Gasteiger partial charge in [-0.1, -0.05) is 36.9 Å². The van der Waals surface area contributed by atoms with E-state index in [1.807, 2.05) is 41.7 Å². The van der Waals surface area contributed by atoms with Gasteiger partial charge in [0, 0.05) is 5.56 Å². The van der Waals surface area contributed by atoms with Crippen molar-refractivity contribution in [2.75, 3.05) is 5.75 Å². The first kappa shape index (κ1) is 13.3. The molecular weight excluding hydrogens is 298 g/mol. The minimum absolute atomic E-state index is 0.490. The molecule has 1 aromatic carbocycles. The Morgan fingerprint density at radius 2 is 1.95 bits per heavy atom. The van der Waals surface area contributed by atoms with Crippen LogP contribution in [0.5, 0.6) is 0 Å². The van der Waals surface area contributed by atoms with E-state index in [9.17, 15) is 0 Å². The van der Waals surface area contributed by atoms with Gasteiger partial charge in [0.2, 0.25) is 5.89 Å². The molecule has 0 radical (unpaired) electrons. The average Bonchev–Trinajstić information content (AvgIpc) is 3.14. The highest BCUT2D eigenvalue weighted by molar-refractivity contribution is 7.99. The summed E-state index contributed by atoms with van der Waals surface area (Å²) in [5.74, 6) is 2.03. The third-order valence-corrected chi connectivity index (χ3v) is 4.21. The van der Waals surface area contributed by atoms with Crippen molar-refractivity contribution in [1.29, 1.82) is 0 Å². The number of hydrogen-bond donors (Lipinski definition) is 0. The molecule has 4 rings (SSSR count). The van der Waals surface area contributed by atoms with Gasteiger partial charge in [-0.05, 0) is 24.8 Å². The van der Waals surface area contributed by atoms with Crippen LogP contribution in [-0.2, 0) is 0 Å². The molecule has 0 saturated heterocycles. The molecule has 0 fully saturated rings. The predicted octanol–water partition coefficient (Wildman–Crippen LogP) is 3.35. The van der Waals surface area contributed by atoms with E-state index >= 15 is 0 Å². The van der Waals surface area contributed by atoms with Gasteiger partial charge in [-0.2, -0.15) is 4.98 Å². The quantitative estimate of drug-likeness (QED) is 0.540. The van der Waals surface area contributed by atoms with Crippen molar-refractivity contribution in [3.8, 4) is 11.5 Å². The zero-order chi connectivity index (χ0) is 15.1. The molecule has 0 atom stereocenters. The maximum atomic E-state index is 5.80. The van der Waals surface area contributed by atoms with Crippen LogP contribution in [0.3, 0.4) is 0 Å². The first-order valence-electron chi connectivity index (χ1n) is 6.98. The lowest BCUT2D eigenvalue weighted by atomic mass is 10.2. The molecule has 0 bridgehead atoms. The van der Waals surface area contributed by atoms with Crippen LogP contribution >= 0.6 is 11.8 Å². The molecule has 6 nitrogen and oxygen atoms in total. The number of thioether (sulfide) groups is 1. The average molecular weight is 311 g/mol. The van der Waals surface area contributed by atoms with Crippen LogP contribution in [0.2, 0.25) is 0 Å². The Morgan fingerprint density at radius 3 is 2.73 bits per heavy atom. The molecule has 22 heavy (non-hydrogen) atoms. The van der Waals surface area contributed by atoms with Crippen molar-refractivity contribution in [3.63, 3.8) is 0 Å². The van der Waals surface area contributed by atoms with Crippen molar-refractivity contribution >= 4 is 28.8 Å². The first-order chi connectivity index (χ1) is 10.8. The Morgan fingerprint density at radius 1 is 1.14 bits per heavy atom. The molecule has 0 aliphatic carbocycles. The Balaban J connectivity index is 1.96. The third-order valence-electron chi connectivity index (χ3n) is 3.40. The molecule has 0 saturated carbocycles. The van der Waals surface area contributed by atoms with Gasteiger partial charge < -0.3 is 4.42 Å². The molecule has 0 unspecified atom stereocenters. The SMILES string of the molecule is CCSc1nnc2nc3oc(-c4ccccc4)nc3c(C)n12. The van der Waals surface area contributed by atoms with Crippen molar-refractivity contribution in [3.05, 3.63) is 36.0 Å². The van der Waals surface area contributed by atoms with Crippen molar-refractivity contribution in [2.45, 2.75) is 19.0 Å². The molecule has 110 valence electrons. The molecule has 0 N–H and O–H groups in total. The van der Waals surface area contributed by atoms with Crippen LogP contribution in [0.4, 0.5) is 0 Å². The van der Waals surface area contributed by atoms with Crippen LogP contribution in [0.1, 0.15) is 12.6 Å². The summed E-state index contributed by atoms with van der Waals surface area (Å²) < 4.78 is 7.73. The van der Waals surface area contributed by atoms with Gasteiger partial charge in [-0.25, -0.2) is 4.98 Å². The summed E-state index contributed by atoms with van der Waals surface area (Å²) in [5.41, 5.74) is 3.10. The van der Waals surface area contributed by atoms with Gasteiger partial charge in [0.25, 0.3) is 11.5 Å². The fourth-order valence-corrected chi connectivity index (χ4v) is 3.08. The maximum absolute atomic E-state index is 5.80. The largest absolute Gasteiger partial charge is 0.417 e. The molecule has 3 heterocycles. The Labute approximate surface area is 130 Å². The highest BCUT2D eigenvalue weighted by atomic mass is 32.2. The summed E-state index contributed by atoms with van der Waals surface area (Å²) >= 11 is 1.63. The topological polar surface area (TPSA) is 69.1 Å². The van der Waals surface area contributed by atoms with E-state index in [0.717, 1.165) is 27.7 Å². The normalized spacial score (nSPS) is 11.5. The lowest BCUT2D eigenvalue weighted by Crippen LogP contribution is -1.97. The number of aryl methyl sites for hydroxylation is 1. The fraction of sp³-hybridized carbons (Fsp3) is 0.200. The van der Waals surface area contributed by atoms with Gasteiger partial charge in [0.05, 0.1) is 5.69 Å². The Bertz CT molecular complexity index is 960. The summed E-state index contributed by atoms with van der Waals surface area (Å²) in [4.78, 5) is 9.03. The summed E-state index contributed by atoms with van der Waals surface area (Å²) in [6.07, 6.45) is 0. The van der Waals surface area contributed by atoms with Crippen LogP contribution in [0, 0.1) is 6.92 Å². The lowest BCUT2D eigenvalue weighted by molar-refractivity contribution is 0.608. The number of fused-ring (bicyclic) bond motifs is 2. The molecule has 0 amide bonds. The second-order valence-corrected chi connectivity index (χ2v) is 6.02. The van der Waals surface area contributed by atoms with Gasteiger partial charge in [0.15, 0.2) is 5.16 Å². The number of aromatic nitrogens is 5. The van der Waals surface area contributed by atoms with Gasteiger partial charge in [-0.3, -0.25) is 4.40 Å². The van der Waals surface area contributed by atoms with E-state index in [0.29, 0.717) is 17.4 Å². The van der Waals surface area contributed by atoms with Crippen molar-refractivity contribution < 1.29 is 4.42 Å². The number of hydrogen-bond acceptors (Lipinski definition) is 6. The standard InChI is InChI=1S/C15H13N5OS/c1-3-22-15-19-18-14-17-13-11(9(2)20(14)15)16-12(21-13)10-7-5-4-6-8-10/h4-8H,3H2,1-2H3. The van der Waals surface area contributed by atoms with Crippen LogP contribution in [0.25, 0.3) is 28.5 Å². The zero-order valence-electron chi connectivity index (χ0n) is 12.1. The molecule has 0 aliphatic rings. The van der Waals surface area contributed by atoms with E-state index < -0.39 is 0 Å². The number of oxazole rings is 1. The molecule has 0 aliphatic heterocycles. The summed E-state index contributed by atoms with van der Waals surface area (Å²) in [6.45, 7) is 4.06. The molecule has 4 aromatic rings. The van der Waals surface area contributed by atoms with Crippen LogP contribution < -0.4 is 0 Å². The smallest absolute Gasteiger partial charge is 0.259 e. The maximum Gasteiger partial charge on any atom is 0.259 e. The summed E-state index contributed by atoms with van der Waals surface area (Å²) in [5, 5.41) is 9.12.